The first-order chi connectivity index (χ1) is 15.8. The molecule has 1 aromatic rings. The number of rotatable bonds is 10. The zero-order valence-electron chi connectivity index (χ0n) is 21.5. The molecule has 1 aliphatic heterocycles. The number of hydrogen-bond acceptors (Lipinski definition) is 4. The number of piperidine rings is 1. The third-order valence-corrected chi connectivity index (χ3v) is 8.10. The molecule has 0 spiro atoms. The first-order valence-electron chi connectivity index (χ1n) is 12.9. The van der Waals surface area contributed by atoms with Crippen molar-refractivity contribution in [2.75, 3.05) is 26.2 Å². The van der Waals surface area contributed by atoms with E-state index in [1.54, 1.807) is 6.07 Å². The van der Waals surface area contributed by atoms with Gasteiger partial charge in [-0.15, -0.1) is 12.4 Å². The quantitative estimate of drug-likeness (QED) is 0.496. The van der Waals surface area contributed by atoms with Crippen LogP contribution in [0.15, 0.2) is 24.3 Å². The highest BCUT2D eigenvalue weighted by Crippen LogP contribution is 2.40. The largest absolute Gasteiger partial charge is 0.508 e. The summed E-state index contributed by atoms with van der Waals surface area (Å²) in [6.45, 7) is 8.49. The number of primary amides is 1. The molecule has 0 bridgehead atoms. The average Bonchev–Trinajstić information content (AvgIpc) is 2.79. The fraction of sp³-hybridized carbons (Fsp3) is 0.704. The van der Waals surface area contributed by atoms with E-state index in [1.807, 2.05) is 12.1 Å². The first-order valence-corrected chi connectivity index (χ1v) is 12.9. The van der Waals surface area contributed by atoms with Gasteiger partial charge in [0, 0.05) is 32.0 Å². The Morgan fingerprint density at radius 3 is 2.51 bits per heavy atom. The maximum atomic E-state index is 13.0. The first kappa shape index (κ1) is 31.2. The number of amides is 2. The Kier molecular flexibility index (Phi) is 13.1. The summed E-state index contributed by atoms with van der Waals surface area (Å²) in [7, 11) is 0. The molecule has 2 unspecified atom stereocenters. The minimum atomic E-state index is -0.330. The molecule has 1 aliphatic carbocycles. The number of likely N-dealkylation sites (tertiary alicyclic amines) is 1. The van der Waals surface area contributed by atoms with Crippen LogP contribution in [-0.2, 0) is 15.0 Å². The molecular weight excluding hydrogens is 466 g/mol. The number of phenols is 1. The molecule has 1 saturated heterocycles. The molecule has 2 aliphatic rings. The Morgan fingerprint density at radius 2 is 1.89 bits per heavy atom. The van der Waals surface area contributed by atoms with Crippen LogP contribution in [0.2, 0.25) is 0 Å². The lowest BCUT2D eigenvalue weighted by atomic mass is 9.68. The highest BCUT2D eigenvalue weighted by Gasteiger charge is 2.38. The number of aromatic hydroxyl groups is 1. The van der Waals surface area contributed by atoms with Crippen molar-refractivity contribution in [1.29, 1.82) is 0 Å². The van der Waals surface area contributed by atoms with Crippen LogP contribution in [0.5, 0.6) is 5.75 Å². The van der Waals surface area contributed by atoms with Crippen molar-refractivity contribution >= 4 is 24.2 Å². The summed E-state index contributed by atoms with van der Waals surface area (Å²) < 4.78 is 0. The second-order valence-corrected chi connectivity index (χ2v) is 10.5. The summed E-state index contributed by atoms with van der Waals surface area (Å²) in [4.78, 5) is 28.7. The van der Waals surface area contributed by atoms with Crippen LogP contribution in [0, 0.1) is 5.92 Å². The molecule has 2 amide bonds. The Morgan fingerprint density at radius 1 is 1.17 bits per heavy atom. The number of carbonyl (C=O) groups is 2. The minimum Gasteiger partial charge on any atom is -0.508 e. The number of nitrogens with zero attached hydrogens (tertiary/aromatic N) is 2. The van der Waals surface area contributed by atoms with Crippen molar-refractivity contribution in [1.82, 2.24) is 9.80 Å². The predicted octanol–water partition coefficient (Wildman–Crippen LogP) is 3.80. The summed E-state index contributed by atoms with van der Waals surface area (Å²) in [5.74, 6) is 0.681. The predicted molar refractivity (Wildman–Crippen MR) is 143 cm³/mol. The van der Waals surface area contributed by atoms with Gasteiger partial charge in [0.2, 0.25) is 11.8 Å². The van der Waals surface area contributed by atoms with E-state index < -0.39 is 0 Å². The maximum absolute atomic E-state index is 13.0. The van der Waals surface area contributed by atoms with Gasteiger partial charge in [-0.05, 0) is 74.2 Å². The zero-order valence-corrected chi connectivity index (χ0v) is 22.3. The van der Waals surface area contributed by atoms with Gasteiger partial charge in [0.1, 0.15) is 5.75 Å². The lowest BCUT2D eigenvalue weighted by Gasteiger charge is -2.45. The maximum Gasteiger partial charge on any atom is 0.222 e. The van der Waals surface area contributed by atoms with Gasteiger partial charge in [-0.3, -0.25) is 9.59 Å². The number of nitrogens with two attached hydrogens (primary N) is 1. The molecule has 1 aromatic carbocycles. The van der Waals surface area contributed by atoms with Gasteiger partial charge in [-0.1, -0.05) is 45.2 Å². The standard InChI is InChI=1S/C27H43N3O3.ClH.H2O/c1-21-20-29(18-15-27(21,2)22-9-6-12-24(31)19-22)16-8-17-30(23-10-4-3-5-11-23)26(33)14-7-13-25(28)32;;/h6,9,12,19,21,23,31H,3-5,7-8,10-11,13-18,20H2,1-2H3,(H2,28,32);1H;1H2. The van der Waals surface area contributed by atoms with Crippen LogP contribution < -0.4 is 5.73 Å². The summed E-state index contributed by atoms with van der Waals surface area (Å²) in [5.41, 5.74) is 6.54. The second-order valence-electron chi connectivity index (χ2n) is 10.5. The van der Waals surface area contributed by atoms with Crippen molar-refractivity contribution < 1.29 is 20.2 Å². The highest BCUT2D eigenvalue weighted by atomic mass is 35.5. The summed E-state index contributed by atoms with van der Waals surface area (Å²) in [6.07, 6.45) is 9.17. The molecular formula is C27H46ClN3O4. The Balaban J connectivity index is 0.00000306. The number of carbonyl (C=O) groups excluding carboxylic acids is 2. The van der Waals surface area contributed by atoms with E-state index in [0.29, 0.717) is 30.6 Å². The second kappa shape index (κ2) is 14.7. The lowest BCUT2D eigenvalue weighted by Crippen LogP contribution is -2.48. The summed E-state index contributed by atoms with van der Waals surface area (Å²) in [6, 6.07) is 8.08. The molecule has 0 radical (unpaired) electrons. The van der Waals surface area contributed by atoms with E-state index in [2.05, 4.69) is 29.7 Å². The molecule has 8 heteroatoms. The van der Waals surface area contributed by atoms with Gasteiger partial charge in [0.05, 0.1) is 0 Å². The van der Waals surface area contributed by atoms with Crippen molar-refractivity contribution in [3.8, 4) is 5.75 Å². The average molecular weight is 512 g/mol. The van der Waals surface area contributed by atoms with Crippen LogP contribution in [-0.4, -0.2) is 64.4 Å². The highest BCUT2D eigenvalue weighted by molar-refractivity contribution is 5.85. The van der Waals surface area contributed by atoms with E-state index in [0.717, 1.165) is 51.9 Å². The van der Waals surface area contributed by atoms with Gasteiger partial charge < -0.3 is 26.1 Å². The molecule has 3 rings (SSSR count). The molecule has 5 N–H and O–H groups in total. The number of hydrogen-bond donors (Lipinski definition) is 2. The van der Waals surface area contributed by atoms with Crippen molar-refractivity contribution in [3.63, 3.8) is 0 Å². The Hall–Kier alpha value is -1.83. The van der Waals surface area contributed by atoms with Crippen LogP contribution in [0.1, 0.15) is 83.6 Å². The third-order valence-electron chi connectivity index (χ3n) is 8.10. The van der Waals surface area contributed by atoms with Gasteiger partial charge in [-0.2, -0.15) is 0 Å². The molecule has 1 saturated carbocycles. The molecule has 2 atom stereocenters. The number of phenolic OH excluding ortho intramolecular Hbond substituents is 1. The summed E-state index contributed by atoms with van der Waals surface area (Å²) in [5, 5.41) is 9.93. The third kappa shape index (κ3) is 8.65. The topological polar surface area (TPSA) is 118 Å². The zero-order chi connectivity index (χ0) is 23.8. The van der Waals surface area contributed by atoms with E-state index in [1.165, 1.54) is 24.8 Å². The van der Waals surface area contributed by atoms with Crippen molar-refractivity contribution in [3.05, 3.63) is 29.8 Å². The van der Waals surface area contributed by atoms with E-state index in [-0.39, 0.29) is 41.5 Å². The smallest absolute Gasteiger partial charge is 0.222 e. The van der Waals surface area contributed by atoms with Crippen LogP contribution in [0.4, 0.5) is 0 Å². The van der Waals surface area contributed by atoms with Crippen LogP contribution >= 0.6 is 12.4 Å². The summed E-state index contributed by atoms with van der Waals surface area (Å²) >= 11 is 0. The lowest BCUT2D eigenvalue weighted by molar-refractivity contribution is -0.134. The van der Waals surface area contributed by atoms with E-state index >= 15 is 0 Å². The fourth-order valence-corrected chi connectivity index (χ4v) is 5.74. The molecule has 1 heterocycles. The van der Waals surface area contributed by atoms with Crippen LogP contribution in [0.3, 0.4) is 0 Å². The molecule has 2 fully saturated rings. The van der Waals surface area contributed by atoms with Gasteiger partial charge in [-0.25, -0.2) is 0 Å². The van der Waals surface area contributed by atoms with Crippen LogP contribution in [0.25, 0.3) is 0 Å². The van der Waals surface area contributed by atoms with E-state index in [4.69, 9.17) is 5.73 Å². The SMILES string of the molecule is CC1CN(CCCN(C(=O)CCCC(N)=O)C2CCCCC2)CCC1(C)c1cccc(O)c1.Cl.O. The minimum absolute atomic E-state index is 0. The van der Waals surface area contributed by atoms with E-state index in [9.17, 15) is 14.7 Å². The van der Waals surface area contributed by atoms with Gasteiger partial charge >= 0.3 is 0 Å². The Bertz CT molecular complexity index is 802. The van der Waals surface area contributed by atoms with Crippen molar-refractivity contribution in [2.45, 2.75) is 89.5 Å². The number of halogens is 1. The van der Waals surface area contributed by atoms with Gasteiger partial charge in [0.15, 0.2) is 0 Å². The number of benzene rings is 1. The molecule has 200 valence electrons. The van der Waals surface area contributed by atoms with Crippen molar-refractivity contribution in [2.24, 2.45) is 11.7 Å². The molecule has 0 aromatic heterocycles. The Labute approximate surface area is 217 Å². The van der Waals surface area contributed by atoms with Gasteiger partial charge in [0.25, 0.3) is 0 Å². The fourth-order valence-electron chi connectivity index (χ4n) is 5.74. The monoisotopic (exact) mass is 511 g/mol. The normalized spacial score (nSPS) is 23.1. The molecule has 7 nitrogen and oxygen atoms in total. The molecule has 35 heavy (non-hydrogen) atoms.